The van der Waals surface area contributed by atoms with Gasteiger partial charge in [-0.1, -0.05) is 133 Å². The maximum absolute atomic E-state index is 5.35. The van der Waals surface area contributed by atoms with E-state index in [9.17, 15) is 0 Å². The minimum Gasteiger partial charge on any atom is -0.309 e. The zero-order chi connectivity index (χ0) is 41.4. The Labute approximate surface area is 362 Å². The van der Waals surface area contributed by atoms with Gasteiger partial charge in [-0.15, -0.1) is 0 Å². The molecule has 5 heterocycles. The first-order valence-corrected chi connectivity index (χ1v) is 21.3. The van der Waals surface area contributed by atoms with E-state index >= 15 is 0 Å². The maximum atomic E-state index is 5.35. The summed E-state index contributed by atoms with van der Waals surface area (Å²) in [6.45, 7) is 0. The summed E-state index contributed by atoms with van der Waals surface area (Å²) in [6, 6.07) is 73.8. The molecular formula is C57H36N6. The van der Waals surface area contributed by atoms with Crippen LogP contribution in [-0.2, 0) is 0 Å². The second-order valence-corrected chi connectivity index (χ2v) is 16.1. The molecule has 0 amide bonds. The third kappa shape index (κ3) is 5.55. The van der Waals surface area contributed by atoms with Crippen LogP contribution in [-0.4, -0.2) is 28.7 Å². The average Bonchev–Trinajstić information content (AvgIpc) is 3.99. The predicted octanol–water partition coefficient (Wildman–Crippen LogP) is 14.2. The molecule has 0 N–H and O–H groups in total. The van der Waals surface area contributed by atoms with Crippen LogP contribution in [0.5, 0.6) is 0 Å². The highest BCUT2D eigenvalue weighted by Crippen LogP contribution is 2.40. The highest BCUT2D eigenvalue weighted by molar-refractivity contribution is 6.13. The normalized spacial score (nSPS) is 11.8. The Balaban J connectivity index is 0.991. The van der Waals surface area contributed by atoms with Crippen LogP contribution in [0.1, 0.15) is 0 Å². The van der Waals surface area contributed by atoms with Gasteiger partial charge in [-0.2, -0.15) is 0 Å². The van der Waals surface area contributed by atoms with E-state index in [2.05, 4.69) is 219 Å². The Morgan fingerprint density at radius 2 is 0.905 bits per heavy atom. The molecule has 5 aromatic heterocycles. The second-order valence-electron chi connectivity index (χ2n) is 16.1. The molecule has 0 unspecified atom stereocenters. The Morgan fingerprint density at radius 3 is 1.70 bits per heavy atom. The molecule has 6 heteroatoms. The van der Waals surface area contributed by atoms with Crippen molar-refractivity contribution in [3.05, 3.63) is 219 Å². The predicted molar refractivity (Wildman–Crippen MR) is 259 cm³/mol. The lowest BCUT2D eigenvalue weighted by Crippen LogP contribution is -2.00. The number of fused-ring (bicyclic) bond motifs is 9. The molecule has 0 saturated carbocycles. The van der Waals surface area contributed by atoms with Crippen LogP contribution in [0.4, 0.5) is 0 Å². The fourth-order valence-electron chi connectivity index (χ4n) is 9.74. The molecule has 13 rings (SSSR count). The van der Waals surface area contributed by atoms with Gasteiger partial charge in [-0.3, -0.25) is 4.57 Å². The highest BCUT2D eigenvalue weighted by atomic mass is 15.1. The minimum absolute atomic E-state index is 0.885. The molecule has 13 aromatic rings. The molecule has 0 fully saturated rings. The number of hydrogen-bond donors (Lipinski definition) is 0. The Kier molecular flexibility index (Phi) is 7.80. The molecule has 0 aliphatic rings. The quantitative estimate of drug-likeness (QED) is 0.168. The number of rotatable bonds is 6. The maximum Gasteiger partial charge on any atom is 0.138 e. The lowest BCUT2D eigenvalue weighted by molar-refractivity contribution is 1.08. The van der Waals surface area contributed by atoms with Crippen LogP contribution in [0.3, 0.4) is 0 Å². The summed E-state index contributed by atoms with van der Waals surface area (Å²) >= 11 is 0. The van der Waals surface area contributed by atoms with Gasteiger partial charge >= 0.3 is 0 Å². The van der Waals surface area contributed by atoms with Crippen molar-refractivity contribution in [1.29, 1.82) is 0 Å². The molecule has 0 spiro atoms. The van der Waals surface area contributed by atoms with Gasteiger partial charge < -0.3 is 9.13 Å². The van der Waals surface area contributed by atoms with E-state index < -0.39 is 0 Å². The topological polar surface area (TPSA) is 53.5 Å². The van der Waals surface area contributed by atoms with E-state index in [-0.39, 0.29) is 0 Å². The summed E-state index contributed by atoms with van der Waals surface area (Å²) in [5.41, 5.74) is 16.3. The van der Waals surface area contributed by atoms with Gasteiger partial charge in [0, 0.05) is 43.9 Å². The monoisotopic (exact) mass is 804 g/mol. The molecule has 8 aromatic carbocycles. The van der Waals surface area contributed by atoms with Gasteiger partial charge in [0.15, 0.2) is 0 Å². The summed E-state index contributed by atoms with van der Waals surface area (Å²) < 4.78 is 6.98. The molecule has 0 atom stereocenters. The van der Waals surface area contributed by atoms with Crippen LogP contribution < -0.4 is 0 Å². The standard InChI is InChI=1S/C57H36N6/c1-4-14-37(15-5-1)41-31-49(38-16-6-2-7-17-38)60-56(33-41)63-51-23-13-11-21-45(51)47-30-39(25-28-52(47)63)40-24-27-46-44-20-10-12-22-50(44)62(54(46)32-40)43-26-29-53-48(34-43)57-55(35-58-36-59-57)61(53)42-18-8-3-9-19-42/h1-36H. The van der Waals surface area contributed by atoms with Gasteiger partial charge in [0.1, 0.15) is 12.1 Å². The lowest BCUT2D eigenvalue weighted by atomic mass is 10.0. The van der Waals surface area contributed by atoms with E-state index in [1.807, 2.05) is 12.3 Å². The Hall–Kier alpha value is -8.61. The van der Waals surface area contributed by atoms with Crippen LogP contribution >= 0.6 is 0 Å². The van der Waals surface area contributed by atoms with Crippen molar-refractivity contribution in [2.45, 2.75) is 0 Å². The van der Waals surface area contributed by atoms with Gasteiger partial charge in [0.2, 0.25) is 0 Å². The molecular weight excluding hydrogens is 769 g/mol. The van der Waals surface area contributed by atoms with Crippen molar-refractivity contribution < 1.29 is 0 Å². The van der Waals surface area contributed by atoms with Gasteiger partial charge in [0.05, 0.1) is 50.5 Å². The molecule has 0 bridgehead atoms. The summed E-state index contributed by atoms with van der Waals surface area (Å²) in [7, 11) is 0. The van der Waals surface area contributed by atoms with Crippen LogP contribution in [0.15, 0.2) is 219 Å². The van der Waals surface area contributed by atoms with Crippen molar-refractivity contribution >= 4 is 65.5 Å². The first-order valence-electron chi connectivity index (χ1n) is 21.3. The molecule has 0 aliphatic carbocycles. The van der Waals surface area contributed by atoms with Crippen molar-refractivity contribution in [2.75, 3.05) is 0 Å². The Bertz CT molecular complexity index is 3840. The summed E-state index contributed by atoms with van der Waals surface area (Å²) in [4.78, 5) is 14.6. The number of aromatic nitrogens is 6. The van der Waals surface area contributed by atoms with Crippen molar-refractivity contribution in [3.8, 4) is 50.7 Å². The fraction of sp³-hybridized carbons (Fsp3) is 0. The average molecular weight is 805 g/mol. The zero-order valence-electron chi connectivity index (χ0n) is 34.0. The summed E-state index contributed by atoms with van der Waals surface area (Å²) in [5.74, 6) is 0.885. The molecule has 63 heavy (non-hydrogen) atoms. The van der Waals surface area contributed by atoms with Gasteiger partial charge in [-0.05, 0) is 95.1 Å². The van der Waals surface area contributed by atoms with Crippen LogP contribution in [0, 0.1) is 0 Å². The van der Waals surface area contributed by atoms with E-state index in [0.717, 1.165) is 94.7 Å². The van der Waals surface area contributed by atoms with E-state index in [4.69, 9.17) is 9.97 Å². The minimum atomic E-state index is 0.885. The smallest absolute Gasteiger partial charge is 0.138 e. The number of hydrogen-bond acceptors (Lipinski definition) is 3. The van der Waals surface area contributed by atoms with Crippen LogP contribution in [0.2, 0.25) is 0 Å². The second kappa shape index (κ2) is 14.0. The summed E-state index contributed by atoms with van der Waals surface area (Å²) in [6.07, 6.45) is 3.56. The first kappa shape index (κ1) is 35.2. The molecule has 0 aliphatic heterocycles. The number of benzene rings is 8. The van der Waals surface area contributed by atoms with E-state index in [0.29, 0.717) is 0 Å². The van der Waals surface area contributed by atoms with E-state index in [1.165, 1.54) is 21.5 Å². The largest absolute Gasteiger partial charge is 0.309 e. The third-order valence-corrected chi connectivity index (χ3v) is 12.6. The molecule has 6 nitrogen and oxygen atoms in total. The van der Waals surface area contributed by atoms with Crippen molar-refractivity contribution in [2.24, 2.45) is 0 Å². The SMILES string of the molecule is c1ccc(-c2cc(-c3ccccc3)nc(-n3c4ccccc4c4cc(-c5ccc6c7ccccc7n(-c7ccc8c(c7)c7ncncc7n8-c7ccccc7)c6c5)ccc43)c2)cc1. The summed E-state index contributed by atoms with van der Waals surface area (Å²) in [5, 5.41) is 5.87. The van der Waals surface area contributed by atoms with Gasteiger partial charge in [0.25, 0.3) is 0 Å². The number of nitrogens with zero attached hydrogens (tertiary/aromatic N) is 6. The molecule has 0 saturated heterocycles. The number of para-hydroxylation sites is 3. The van der Waals surface area contributed by atoms with E-state index in [1.54, 1.807) is 6.33 Å². The first-order chi connectivity index (χ1) is 31.2. The molecule has 0 radical (unpaired) electrons. The number of pyridine rings is 1. The van der Waals surface area contributed by atoms with Crippen molar-refractivity contribution in [1.82, 2.24) is 28.7 Å². The highest BCUT2D eigenvalue weighted by Gasteiger charge is 2.20. The van der Waals surface area contributed by atoms with Gasteiger partial charge in [-0.25, -0.2) is 15.0 Å². The zero-order valence-corrected chi connectivity index (χ0v) is 34.0. The fourth-order valence-corrected chi connectivity index (χ4v) is 9.74. The van der Waals surface area contributed by atoms with Crippen molar-refractivity contribution in [3.63, 3.8) is 0 Å². The third-order valence-electron chi connectivity index (χ3n) is 12.6. The lowest BCUT2D eigenvalue weighted by Gasteiger charge is -2.13. The van der Waals surface area contributed by atoms with Crippen LogP contribution in [0.25, 0.3) is 116 Å². The Morgan fingerprint density at radius 1 is 0.317 bits per heavy atom. The molecule has 294 valence electrons.